The van der Waals surface area contributed by atoms with Crippen molar-refractivity contribution in [1.82, 2.24) is 40.9 Å². The van der Waals surface area contributed by atoms with Gasteiger partial charge in [0.05, 0.1) is 101 Å². The first-order valence-electron chi connectivity index (χ1n) is 42.9. The monoisotopic (exact) mass is 1890 g/mol. The number of benzene rings is 8. The summed E-state index contributed by atoms with van der Waals surface area (Å²) >= 11 is 0. The predicted molar refractivity (Wildman–Crippen MR) is 470 cm³/mol. The third kappa shape index (κ3) is 28.7. The van der Waals surface area contributed by atoms with Gasteiger partial charge in [-0.05, 0) is 158 Å². The summed E-state index contributed by atoms with van der Waals surface area (Å²) in [7, 11) is 5.95. The molecular formula is C97H104F10N8O20. The third-order valence-electron chi connectivity index (χ3n) is 22.2. The summed E-state index contributed by atoms with van der Waals surface area (Å²) in [4.78, 5) is 157. The highest BCUT2D eigenvalue weighted by molar-refractivity contribution is 6.01. The van der Waals surface area contributed by atoms with Crippen LogP contribution in [0.4, 0.5) is 43.9 Å². The number of ketones is 4. The molecule has 8 aromatic carbocycles. The van der Waals surface area contributed by atoms with Crippen molar-refractivity contribution in [2.45, 2.75) is 86.5 Å². The molecule has 135 heavy (non-hydrogen) atoms. The van der Waals surface area contributed by atoms with Crippen LogP contribution in [0.25, 0.3) is 0 Å². The lowest BCUT2D eigenvalue weighted by Crippen LogP contribution is -2.46. The van der Waals surface area contributed by atoms with E-state index in [4.69, 9.17) is 28.4 Å². The molecule has 8 amide bonds. The van der Waals surface area contributed by atoms with Gasteiger partial charge in [-0.15, -0.1) is 0 Å². The minimum absolute atomic E-state index is 0.0181. The quantitative estimate of drug-likeness (QED) is 0.0225. The highest BCUT2D eigenvalue weighted by Crippen LogP contribution is 2.34. The lowest BCUT2D eigenvalue weighted by Gasteiger charge is -2.32. The standard InChI is InChI=1S/C26H32N2O5.C24H24F4N2O5.C24H26F2N2O5.C23H22F4N2O5/c1-17-10-11-23(32-4)22(13-17)26(31)28-12-6-9-20(15-28)25(30)27-14-21(29)16-33-24-18(2)7-5-8-19(24)3;1-13-5-6-19(34-2)16(8-13)24(33)30-7-3-4-14(11-30)23(32)29-10-15(31)12-35-22-20(27)17(25)9-18(26)21(22)28;1-15-8-9-21(32-2)18(11-15)24(31)28-10-4-5-16(13-28)23(30)27-12-17(29)14-33-22-19(25)6-3-7-20(22)26;1-12-3-4-18(33-2)15(7-12)23(32)29-6-5-13(10-29)22(31)28-9-14(30)11-34-21-19(26)16(24)8-17(25)20(21)27/h5,7-8,10-11,13,20H,6,9,12,14-16H2,1-4H3,(H,27,30);5-6,8-9,14H,3-4,7,10-12H2,1-2H3,(H,29,32);3,6-9,11,16H,4-5,10,12-14H2,1-2H3,(H,27,30);3-4,7-8,13H,5-6,9-11H2,1-2H3,(H,28,31)/t20-;14-;16-;13-/m0000/s1. The number of para-hydroxylation sites is 2. The lowest BCUT2D eigenvalue weighted by molar-refractivity contribution is -0.129. The molecule has 28 nitrogen and oxygen atoms in total. The Balaban J connectivity index is 0.000000202. The Labute approximate surface area is 771 Å². The third-order valence-corrected chi connectivity index (χ3v) is 22.2. The first-order chi connectivity index (χ1) is 64.3. The number of rotatable bonds is 32. The van der Waals surface area contributed by atoms with Gasteiger partial charge >= 0.3 is 0 Å². The van der Waals surface area contributed by atoms with Crippen LogP contribution in [0.1, 0.15) is 120 Å². The Morgan fingerprint density at radius 1 is 0.296 bits per heavy atom. The Kier molecular flexibility index (Phi) is 38.4. The van der Waals surface area contributed by atoms with Crippen LogP contribution in [0.3, 0.4) is 0 Å². The van der Waals surface area contributed by atoms with Crippen molar-refractivity contribution in [2.75, 3.05) is 133 Å². The minimum atomic E-state index is -1.77. The number of ether oxygens (including phenoxy) is 8. The van der Waals surface area contributed by atoms with Crippen LogP contribution in [0.15, 0.2) is 121 Å². The molecule has 4 atom stereocenters. The van der Waals surface area contributed by atoms with Gasteiger partial charge in [0.2, 0.25) is 46.9 Å². The predicted octanol–water partition coefficient (Wildman–Crippen LogP) is 12.1. The molecule has 0 unspecified atom stereocenters. The molecule has 4 aliphatic heterocycles. The number of piperidine rings is 3. The number of nitrogens with one attached hydrogen (secondary N) is 4. The average molecular weight is 1890 g/mol. The molecule has 0 radical (unpaired) electrons. The number of Topliss-reactive ketones (excluding diaryl/α,β-unsaturated/α-hetero) is 4. The number of nitrogens with zero attached hydrogens (tertiary/aromatic N) is 4. The fourth-order valence-corrected chi connectivity index (χ4v) is 15.1. The Bertz CT molecular complexity index is 5450. The first-order valence-corrected chi connectivity index (χ1v) is 42.9. The molecular weight excluding hydrogens is 1790 g/mol. The van der Waals surface area contributed by atoms with E-state index in [9.17, 15) is 101 Å². The molecule has 4 N–H and O–H groups in total. The van der Waals surface area contributed by atoms with E-state index in [1.54, 1.807) is 63.2 Å². The first kappa shape index (κ1) is 105. The van der Waals surface area contributed by atoms with E-state index in [1.807, 2.05) is 84.0 Å². The van der Waals surface area contributed by atoms with Gasteiger partial charge in [0.15, 0.2) is 75.3 Å². The molecule has 8 aromatic rings. The van der Waals surface area contributed by atoms with Gasteiger partial charge in [-0.1, -0.05) is 70.8 Å². The average Bonchev–Trinajstić information content (AvgIpc) is 1.78. The molecule has 4 fully saturated rings. The largest absolute Gasteiger partial charge is 0.496 e. The van der Waals surface area contributed by atoms with Crippen LogP contribution >= 0.6 is 0 Å². The molecule has 722 valence electrons. The Morgan fingerprint density at radius 2 is 0.541 bits per heavy atom. The number of hydrogen-bond donors (Lipinski definition) is 4. The molecule has 0 aromatic heterocycles. The van der Waals surface area contributed by atoms with E-state index < -0.39 is 155 Å². The smallest absolute Gasteiger partial charge is 0.257 e. The van der Waals surface area contributed by atoms with Crippen molar-refractivity contribution in [3.63, 3.8) is 0 Å². The van der Waals surface area contributed by atoms with Crippen molar-refractivity contribution in [2.24, 2.45) is 23.7 Å². The van der Waals surface area contributed by atoms with Crippen molar-refractivity contribution in [1.29, 1.82) is 0 Å². The normalized spacial score (nSPS) is 15.5. The van der Waals surface area contributed by atoms with Crippen LogP contribution < -0.4 is 59.2 Å². The van der Waals surface area contributed by atoms with Gasteiger partial charge in [0.25, 0.3) is 23.6 Å². The zero-order valence-electron chi connectivity index (χ0n) is 75.9. The maximum atomic E-state index is 13.6. The zero-order valence-corrected chi connectivity index (χ0v) is 75.9. The summed E-state index contributed by atoms with van der Waals surface area (Å²) in [6.07, 6.45) is 4.04. The van der Waals surface area contributed by atoms with Gasteiger partial charge in [0.1, 0.15) is 55.2 Å². The zero-order chi connectivity index (χ0) is 98.6. The number of aryl methyl sites for hydroxylation is 6. The second-order valence-electron chi connectivity index (χ2n) is 32.4. The molecule has 0 spiro atoms. The van der Waals surface area contributed by atoms with Crippen LogP contribution in [0, 0.1) is 123 Å². The van der Waals surface area contributed by atoms with Gasteiger partial charge in [-0.2, -0.15) is 17.6 Å². The molecule has 0 bridgehead atoms. The summed E-state index contributed by atoms with van der Waals surface area (Å²) in [6, 6.07) is 30.3. The highest BCUT2D eigenvalue weighted by atomic mass is 19.2. The van der Waals surface area contributed by atoms with E-state index in [-0.39, 0.29) is 98.6 Å². The topological polar surface area (TPSA) is 340 Å². The van der Waals surface area contributed by atoms with Gasteiger partial charge < -0.3 is 78.8 Å². The van der Waals surface area contributed by atoms with Gasteiger partial charge in [0, 0.05) is 64.5 Å². The maximum absolute atomic E-state index is 13.6. The van der Waals surface area contributed by atoms with E-state index in [0.29, 0.717) is 122 Å². The molecule has 0 aliphatic carbocycles. The SMILES string of the molecule is COc1ccc(C)cc1C(=O)N1CCC[C@H](C(=O)NCC(=O)COc2c(C)cccc2C)C1.COc1ccc(C)cc1C(=O)N1CCC[C@H](C(=O)NCC(=O)COc2c(F)c(F)cc(F)c2F)C1.COc1ccc(C)cc1C(=O)N1CCC[C@H](C(=O)NCC(=O)COc2c(F)cccc2F)C1.COc1ccc(C)cc1C(=O)N1CC[C@H](C(=O)NCC(=O)COc2c(F)c(F)cc(F)c2F)C1. The van der Waals surface area contributed by atoms with Crippen molar-refractivity contribution < 1.29 is 139 Å². The van der Waals surface area contributed by atoms with Crippen LogP contribution in [0.5, 0.6) is 46.0 Å². The number of methoxy groups -OCH3 is 4. The van der Waals surface area contributed by atoms with Crippen molar-refractivity contribution >= 4 is 70.4 Å². The minimum Gasteiger partial charge on any atom is -0.496 e. The van der Waals surface area contributed by atoms with Crippen LogP contribution in [-0.2, 0) is 38.4 Å². The van der Waals surface area contributed by atoms with Gasteiger partial charge in [-0.25, -0.2) is 26.3 Å². The Hall–Kier alpha value is -14.1. The summed E-state index contributed by atoms with van der Waals surface area (Å²) in [5.41, 5.74) is 7.25. The second kappa shape index (κ2) is 49.6. The van der Waals surface area contributed by atoms with E-state index in [0.717, 1.165) is 51.9 Å². The molecule has 38 heteroatoms. The number of carbonyl (C=O) groups excluding carboxylic acids is 12. The van der Waals surface area contributed by atoms with E-state index in [2.05, 4.69) is 30.7 Å². The molecule has 4 heterocycles. The summed E-state index contributed by atoms with van der Waals surface area (Å²) in [5, 5.41) is 10.0. The number of halogens is 10. The maximum Gasteiger partial charge on any atom is 0.257 e. The summed E-state index contributed by atoms with van der Waals surface area (Å²) < 4.78 is 175. The molecule has 0 saturated carbocycles. The number of likely N-dealkylation sites (tertiary alicyclic amines) is 4. The van der Waals surface area contributed by atoms with Gasteiger partial charge in [-0.3, -0.25) is 57.5 Å². The fourth-order valence-electron chi connectivity index (χ4n) is 15.1. The second-order valence-corrected chi connectivity index (χ2v) is 32.4. The number of amides is 8. The number of carbonyl (C=O) groups is 12. The number of hydrogen-bond acceptors (Lipinski definition) is 20. The van der Waals surface area contributed by atoms with E-state index in [1.165, 1.54) is 39.4 Å². The van der Waals surface area contributed by atoms with Crippen LogP contribution in [-0.4, -0.2) is 223 Å². The summed E-state index contributed by atoms with van der Waals surface area (Å²) in [5.74, 6) is -23.2. The lowest BCUT2D eigenvalue weighted by atomic mass is 9.96. The van der Waals surface area contributed by atoms with Crippen molar-refractivity contribution in [3.8, 4) is 46.0 Å². The van der Waals surface area contributed by atoms with E-state index >= 15 is 0 Å². The van der Waals surface area contributed by atoms with Crippen LogP contribution in [0.2, 0.25) is 0 Å². The summed E-state index contributed by atoms with van der Waals surface area (Å²) in [6.45, 7) is 9.98. The Morgan fingerprint density at radius 3 is 0.815 bits per heavy atom. The van der Waals surface area contributed by atoms with Crippen molar-refractivity contribution in [3.05, 3.63) is 235 Å². The molecule has 12 rings (SSSR count). The molecule has 4 saturated heterocycles. The fraction of sp³-hybridized carbons (Fsp3) is 0.381. The molecule has 4 aliphatic rings. The highest BCUT2D eigenvalue weighted by Gasteiger charge is 2.37.